The molecule has 2 N–H and O–H groups in total. The van der Waals surface area contributed by atoms with Crippen LogP contribution in [0.5, 0.6) is 0 Å². The van der Waals surface area contributed by atoms with Crippen LogP contribution in [-0.2, 0) is 0 Å². The van der Waals surface area contributed by atoms with Crippen molar-refractivity contribution in [2.45, 2.75) is 19.9 Å². The Morgan fingerprint density at radius 2 is 2.12 bits per heavy atom. The van der Waals surface area contributed by atoms with Gasteiger partial charge in [0.1, 0.15) is 5.82 Å². The molecule has 84 valence electrons. The van der Waals surface area contributed by atoms with Gasteiger partial charge in [-0.2, -0.15) is 0 Å². The molecule has 0 saturated heterocycles. The Balaban J connectivity index is 2.58. The topological polar surface area (TPSA) is 69.6 Å². The normalized spacial score (nSPS) is 11.0. The minimum Gasteiger partial charge on any atom is -0.399 e. The largest absolute Gasteiger partial charge is 0.399 e. The summed E-state index contributed by atoms with van der Waals surface area (Å²) in [6.45, 7) is 3.84. The van der Waals surface area contributed by atoms with Gasteiger partial charge in [0, 0.05) is 5.69 Å². The molecule has 2 rings (SSSR count). The van der Waals surface area contributed by atoms with E-state index in [1.807, 2.05) is 13.8 Å². The molecule has 6 heteroatoms. The second-order valence-electron chi connectivity index (χ2n) is 3.78. The van der Waals surface area contributed by atoms with Crippen LogP contribution in [0.15, 0.2) is 18.2 Å². The summed E-state index contributed by atoms with van der Waals surface area (Å²) in [5, 5.41) is 11.2. The lowest BCUT2D eigenvalue weighted by atomic mass is 10.1. The fraction of sp³-hybridized carbons (Fsp3) is 0.300. The maximum absolute atomic E-state index is 13.6. The van der Waals surface area contributed by atoms with Gasteiger partial charge in [-0.25, -0.2) is 9.07 Å². The second-order valence-corrected chi connectivity index (χ2v) is 3.78. The lowest BCUT2D eigenvalue weighted by Crippen LogP contribution is -2.06. The third-order valence-electron chi connectivity index (χ3n) is 2.21. The molecule has 16 heavy (non-hydrogen) atoms. The molecule has 0 unspecified atom stereocenters. The predicted molar refractivity (Wildman–Crippen MR) is 58.0 cm³/mol. The van der Waals surface area contributed by atoms with Crippen molar-refractivity contribution in [3.8, 4) is 11.4 Å². The van der Waals surface area contributed by atoms with Crippen LogP contribution in [0.2, 0.25) is 0 Å². The molecule has 0 radical (unpaired) electrons. The van der Waals surface area contributed by atoms with Gasteiger partial charge in [-0.1, -0.05) is 0 Å². The number of aromatic nitrogens is 4. The van der Waals surface area contributed by atoms with Crippen LogP contribution < -0.4 is 5.73 Å². The highest BCUT2D eigenvalue weighted by atomic mass is 19.1. The van der Waals surface area contributed by atoms with Crippen LogP contribution in [0.4, 0.5) is 10.1 Å². The average Bonchev–Trinajstić information content (AvgIpc) is 2.70. The van der Waals surface area contributed by atoms with Crippen LogP contribution >= 0.6 is 0 Å². The van der Waals surface area contributed by atoms with E-state index in [-0.39, 0.29) is 11.9 Å². The van der Waals surface area contributed by atoms with Gasteiger partial charge in [0.15, 0.2) is 5.82 Å². The molecule has 0 aliphatic heterocycles. The monoisotopic (exact) mass is 221 g/mol. The van der Waals surface area contributed by atoms with E-state index in [0.717, 1.165) is 0 Å². The summed E-state index contributed by atoms with van der Waals surface area (Å²) in [7, 11) is 0. The van der Waals surface area contributed by atoms with Crippen molar-refractivity contribution in [2.24, 2.45) is 0 Å². The van der Waals surface area contributed by atoms with Gasteiger partial charge in [-0.3, -0.25) is 0 Å². The Labute approximate surface area is 92.1 Å². The number of halogens is 1. The van der Waals surface area contributed by atoms with Crippen molar-refractivity contribution in [1.82, 2.24) is 20.2 Å². The van der Waals surface area contributed by atoms with Crippen LogP contribution in [-0.4, -0.2) is 20.2 Å². The molecule has 1 aromatic carbocycles. The number of rotatable bonds is 2. The summed E-state index contributed by atoms with van der Waals surface area (Å²) in [6, 6.07) is 4.40. The van der Waals surface area contributed by atoms with Gasteiger partial charge >= 0.3 is 0 Å². The third kappa shape index (κ3) is 1.73. The average molecular weight is 221 g/mol. The fourth-order valence-corrected chi connectivity index (χ4v) is 1.43. The van der Waals surface area contributed by atoms with E-state index in [1.54, 1.807) is 4.68 Å². The number of nitrogens with two attached hydrogens (primary N) is 1. The third-order valence-corrected chi connectivity index (χ3v) is 2.21. The summed E-state index contributed by atoms with van der Waals surface area (Å²) < 4.78 is 15.2. The lowest BCUT2D eigenvalue weighted by Gasteiger charge is -2.08. The van der Waals surface area contributed by atoms with Crippen molar-refractivity contribution >= 4 is 5.69 Å². The first kappa shape index (κ1) is 10.5. The molecule has 0 atom stereocenters. The first-order chi connectivity index (χ1) is 7.59. The highest BCUT2D eigenvalue weighted by Gasteiger charge is 2.15. The number of hydrogen-bond acceptors (Lipinski definition) is 4. The van der Waals surface area contributed by atoms with Gasteiger partial charge in [-0.15, -0.1) is 5.10 Å². The Morgan fingerprint density at radius 3 is 2.81 bits per heavy atom. The summed E-state index contributed by atoms with van der Waals surface area (Å²) in [4.78, 5) is 0. The molecule has 0 spiro atoms. The molecule has 1 aromatic heterocycles. The van der Waals surface area contributed by atoms with Crippen molar-refractivity contribution < 1.29 is 4.39 Å². The van der Waals surface area contributed by atoms with E-state index in [2.05, 4.69) is 15.5 Å². The predicted octanol–water partition coefficient (Wildman–Crippen LogP) is 1.64. The van der Waals surface area contributed by atoms with Gasteiger partial charge in [-0.05, 0) is 42.5 Å². The van der Waals surface area contributed by atoms with Crippen molar-refractivity contribution in [2.75, 3.05) is 5.73 Å². The lowest BCUT2D eigenvalue weighted by molar-refractivity contribution is 0.517. The van der Waals surface area contributed by atoms with Gasteiger partial charge < -0.3 is 5.73 Å². The van der Waals surface area contributed by atoms with Crippen LogP contribution in [0.1, 0.15) is 19.9 Å². The minimum absolute atomic E-state index is 0.0610. The number of benzene rings is 1. The van der Waals surface area contributed by atoms with Crippen LogP contribution in [0, 0.1) is 5.82 Å². The Hall–Kier alpha value is -1.98. The van der Waals surface area contributed by atoms with Crippen molar-refractivity contribution in [3.05, 3.63) is 24.0 Å². The minimum atomic E-state index is -0.383. The van der Waals surface area contributed by atoms with E-state index >= 15 is 0 Å². The molecule has 0 aliphatic carbocycles. The SMILES string of the molecule is CC(C)n1nnnc1-c1cc(N)ccc1F. The van der Waals surface area contributed by atoms with Gasteiger partial charge in [0.05, 0.1) is 11.6 Å². The zero-order chi connectivity index (χ0) is 11.7. The number of tetrazole rings is 1. The second kappa shape index (κ2) is 3.88. The Morgan fingerprint density at radius 1 is 1.38 bits per heavy atom. The van der Waals surface area contributed by atoms with Crippen LogP contribution in [0.25, 0.3) is 11.4 Å². The Bertz CT molecular complexity index is 506. The molecule has 2 aromatic rings. The van der Waals surface area contributed by atoms with Crippen molar-refractivity contribution in [1.29, 1.82) is 0 Å². The van der Waals surface area contributed by atoms with E-state index in [1.165, 1.54) is 18.2 Å². The van der Waals surface area contributed by atoms with Crippen LogP contribution in [0.3, 0.4) is 0 Å². The fourth-order valence-electron chi connectivity index (χ4n) is 1.43. The van der Waals surface area contributed by atoms with E-state index in [0.29, 0.717) is 17.1 Å². The summed E-state index contributed by atoms with van der Waals surface area (Å²) in [6.07, 6.45) is 0. The molecule has 5 nitrogen and oxygen atoms in total. The van der Waals surface area contributed by atoms with Crippen molar-refractivity contribution in [3.63, 3.8) is 0 Å². The molecular formula is C10H12FN5. The number of nitrogen functional groups attached to an aromatic ring is 1. The maximum Gasteiger partial charge on any atom is 0.185 e. The zero-order valence-corrected chi connectivity index (χ0v) is 9.05. The van der Waals surface area contributed by atoms with E-state index in [9.17, 15) is 4.39 Å². The number of anilines is 1. The molecule has 0 amide bonds. The first-order valence-corrected chi connectivity index (χ1v) is 4.93. The smallest absolute Gasteiger partial charge is 0.185 e. The van der Waals surface area contributed by atoms with E-state index in [4.69, 9.17) is 5.73 Å². The molecule has 1 heterocycles. The summed E-state index contributed by atoms with van der Waals surface area (Å²) >= 11 is 0. The highest BCUT2D eigenvalue weighted by Crippen LogP contribution is 2.24. The summed E-state index contributed by atoms with van der Waals surface area (Å²) in [5.41, 5.74) is 6.41. The maximum atomic E-state index is 13.6. The quantitative estimate of drug-likeness (QED) is 0.783. The summed E-state index contributed by atoms with van der Waals surface area (Å²) in [5.74, 6) is 0.00528. The molecule has 0 saturated carbocycles. The Kier molecular flexibility index (Phi) is 2.55. The first-order valence-electron chi connectivity index (χ1n) is 4.93. The molecule has 0 aliphatic rings. The number of nitrogens with zero attached hydrogens (tertiary/aromatic N) is 4. The zero-order valence-electron chi connectivity index (χ0n) is 9.05. The molecule has 0 fully saturated rings. The number of hydrogen-bond donors (Lipinski definition) is 1. The van der Waals surface area contributed by atoms with Gasteiger partial charge in [0.25, 0.3) is 0 Å². The van der Waals surface area contributed by atoms with Gasteiger partial charge in [0.2, 0.25) is 0 Å². The molecular weight excluding hydrogens is 209 g/mol. The highest BCUT2D eigenvalue weighted by molar-refractivity contribution is 5.61. The van der Waals surface area contributed by atoms with E-state index < -0.39 is 0 Å². The standard InChI is InChI=1S/C10H12FN5/c1-6(2)16-10(13-14-15-16)8-5-7(12)3-4-9(8)11/h3-6H,12H2,1-2H3. The molecule has 0 bridgehead atoms.